The number of benzene rings is 1. The van der Waals surface area contributed by atoms with Crippen molar-refractivity contribution in [2.45, 2.75) is 19.9 Å². The maximum absolute atomic E-state index is 12.6. The third kappa shape index (κ3) is 2.90. The Morgan fingerprint density at radius 3 is 2.79 bits per heavy atom. The second-order valence-electron chi connectivity index (χ2n) is 4.12. The van der Waals surface area contributed by atoms with Crippen LogP contribution >= 0.6 is 31.9 Å². The van der Waals surface area contributed by atoms with Crippen molar-refractivity contribution in [2.24, 2.45) is 0 Å². The normalized spacial score (nSPS) is 10.7. The van der Waals surface area contributed by atoms with Crippen molar-refractivity contribution >= 4 is 43.3 Å². The van der Waals surface area contributed by atoms with Crippen LogP contribution in [0.4, 0.5) is 5.69 Å². The molecule has 0 spiro atoms. The quantitative estimate of drug-likeness (QED) is 0.644. The van der Waals surface area contributed by atoms with Gasteiger partial charge in [-0.2, -0.15) is 5.10 Å². The Kier molecular flexibility index (Phi) is 4.42. The fraction of sp³-hybridized carbons (Fsp3) is 0.231. The summed E-state index contributed by atoms with van der Waals surface area (Å²) in [7, 11) is 0. The molecule has 0 unspecified atom stereocenters. The fourth-order valence-corrected chi connectivity index (χ4v) is 2.69. The Morgan fingerprint density at radius 2 is 2.16 bits per heavy atom. The average molecular weight is 387 g/mol. The minimum Gasteiger partial charge on any atom is -0.398 e. The van der Waals surface area contributed by atoms with E-state index in [9.17, 15) is 4.79 Å². The highest BCUT2D eigenvalue weighted by molar-refractivity contribution is 9.10. The number of nitrogens with two attached hydrogens (primary N) is 1. The van der Waals surface area contributed by atoms with Gasteiger partial charge in [-0.15, -0.1) is 0 Å². The summed E-state index contributed by atoms with van der Waals surface area (Å²) in [6.07, 6.45) is 2.54. The van der Waals surface area contributed by atoms with Gasteiger partial charge in [0.1, 0.15) is 5.69 Å². The Balaban J connectivity index is 2.46. The van der Waals surface area contributed by atoms with E-state index in [0.29, 0.717) is 28.0 Å². The van der Waals surface area contributed by atoms with E-state index >= 15 is 0 Å². The number of halogens is 2. The SMILES string of the molecule is CCCn1ncc(Br)c1C(=O)c1ccc(Br)cc1N. The van der Waals surface area contributed by atoms with Crippen molar-refractivity contribution in [1.29, 1.82) is 0 Å². The van der Waals surface area contributed by atoms with Crippen LogP contribution in [0.3, 0.4) is 0 Å². The summed E-state index contributed by atoms with van der Waals surface area (Å²) in [6.45, 7) is 2.74. The van der Waals surface area contributed by atoms with Crippen molar-refractivity contribution in [1.82, 2.24) is 9.78 Å². The molecular formula is C13H13Br2N3O. The van der Waals surface area contributed by atoms with Gasteiger partial charge >= 0.3 is 0 Å². The van der Waals surface area contributed by atoms with Crippen molar-refractivity contribution in [3.05, 3.63) is 44.6 Å². The summed E-state index contributed by atoms with van der Waals surface area (Å²) in [5.74, 6) is -0.122. The lowest BCUT2D eigenvalue weighted by molar-refractivity contribution is 0.102. The predicted octanol–water partition coefficient (Wildman–Crippen LogP) is 3.63. The summed E-state index contributed by atoms with van der Waals surface area (Å²) < 4.78 is 3.24. The Labute approximate surface area is 128 Å². The minimum absolute atomic E-state index is 0.122. The van der Waals surface area contributed by atoms with E-state index in [1.165, 1.54) is 0 Å². The molecule has 0 aliphatic heterocycles. The van der Waals surface area contributed by atoms with Gasteiger partial charge in [0, 0.05) is 22.3 Å². The molecule has 6 heteroatoms. The lowest BCUT2D eigenvalue weighted by atomic mass is 10.1. The largest absolute Gasteiger partial charge is 0.398 e. The molecule has 0 radical (unpaired) electrons. The maximum Gasteiger partial charge on any atom is 0.214 e. The first kappa shape index (κ1) is 14.3. The fourth-order valence-electron chi connectivity index (χ4n) is 1.84. The van der Waals surface area contributed by atoms with E-state index in [4.69, 9.17) is 5.73 Å². The first-order valence-electron chi connectivity index (χ1n) is 5.85. The number of hydrogen-bond donors (Lipinski definition) is 1. The molecule has 0 aliphatic carbocycles. The third-order valence-electron chi connectivity index (χ3n) is 2.70. The number of aromatic nitrogens is 2. The van der Waals surface area contributed by atoms with E-state index in [0.717, 1.165) is 10.9 Å². The van der Waals surface area contributed by atoms with Gasteiger partial charge in [-0.05, 0) is 40.5 Å². The molecule has 0 fully saturated rings. The molecule has 0 amide bonds. The topological polar surface area (TPSA) is 60.9 Å². The molecule has 0 aliphatic rings. The first-order valence-corrected chi connectivity index (χ1v) is 7.44. The van der Waals surface area contributed by atoms with Crippen LogP contribution in [-0.2, 0) is 6.54 Å². The average Bonchev–Trinajstić information content (AvgIpc) is 2.70. The summed E-state index contributed by atoms with van der Waals surface area (Å²) >= 11 is 6.70. The summed E-state index contributed by atoms with van der Waals surface area (Å²) in [4.78, 5) is 12.6. The zero-order chi connectivity index (χ0) is 14.0. The molecule has 100 valence electrons. The summed E-state index contributed by atoms with van der Waals surface area (Å²) in [5, 5.41) is 4.20. The van der Waals surface area contributed by atoms with Crippen molar-refractivity contribution in [3.8, 4) is 0 Å². The lowest BCUT2D eigenvalue weighted by Crippen LogP contribution is -2.13. The number of anilines is 1. The number of aryl methyl sites for hydroxylation is 1. The van der Waals surface area contributed by atoms with E-state index in [1.807, 2.05) is 6.92 Å². The molecule has 1 aromatic carbocycles. The number of carbonyl (C=O) groups excluding carboxylic acids is 1. The number of hydrogen-bond acceptors (Lipinski definition) is 3. The summed E-state index contributed by atoms with van der Waals surface area (Å²) in [5.41, 5.74) is 7.39. The van der Waals surface area contributed by atoms with Gasteiger partial charge < -0.3 is 5.73 Å². The highest BCUT2D eigenvalue weighted by Gasteiger charge is 2.20. The van der Waals surface area contributed by atoms with Crippen LogP contribution in [0.1, 0.15) is 29.4 Å². The molecular weight excluding hydrogens is 374 g/mol. The van der Waals surface area contributed by atoms with Crippen LogP contribution in [-0.4, -0.2) is 15.6 Å². The molecule has 19 heavy (non-hydrogen) atoms. The zero-order valence-electron chi connectivity index (χ0n) is 10.4. The van der Waals surface area contributed by atoms with Crippen LogP contribution in [0.15, 0.2) is 33.3 Å². The number of ketones is 1. The van der Waals surface area contributed by atoms with Crippen LogP contribution in [0.2, 0.25) is 0 Å². The minimum atomic E-state index is -0.122. The second-order valence-corrected chi connectivity index (χ2v) is 5.89. The molecule has 2 N–H and O–H groups in total. The molecule has 4 nitrogen and oxygen atoms in total. The number of nitrogens with zero attached hydrogens (tertiary/aromatic N) is 2. The van der Waals surface area contributed by atoms with E-state index in [2.05, 4.69) is 37.0 Å². The first-order chi connectivity index (χ1) is 9.04. The predicted molar refractivity (Wildman–Crippen MR) is 82.2 cm³/mol. The maximum atomic E-state index is 12.6. The third-order valence-corrected chi connectivity index (χ3v) is 3.78. The van der Waals surface area contributed by atoms with Gasteiger partial charge in [0.15, 0.2) is 0 Å². The zero-order valence-corrected chi connectivity index (χ0v) is 13.5. The number of nitrogen functional groups attached to an aromatic ring is 1. The van der Waals surface area contributed by atoms with Crippen LogP contribution in [0, 0.1) is 0 Å². The van der Waals surface area contributed by atoms with Gasteiger partial charge in [0.05, 0.1) is 10.7 Å². The highest BCUT2D eigenvalue weighted by Crippen LogP contribution is 2.25. The molecule has 0 bridgehead atoms. The second kappa shape index (κ2) is 5.88. The monoisotopic (exact) mass is 385 g/mol. The highest BCUT2D eigenvalue weighted by atomic mass is 79.9. The molecule has 0 atom stereocenters. The van der Waals surface area contributed by atoms with Gasteiger partial charge in [-0.1, -0.05) is 22.9 Å². The molecule has 2 rings (SSSR count). The Bertz CT molecular complexity index is 622. The summed E-state index contributed by atoms with van der Waals surface area (Å²) in [6, 6.07) is 5.25. The Hall–Kier alpha value is -1.14. The molecule has 1 heterocycles. The van der Waals surface area contributed by atoms with Gasteiger partial charge in [0.2, 0.25) is 5.78 Å². The Morgan fingerprint density at radius 1 is 1.42 bits per heavy atom. The lowest BCUT2D eigenvalue weighted by Gasteiger charge is -2.08. The van der Waals surface area contributed by atoms with Crippen molar-refractivity contribution in [2.75, 3.05) is 5.73 Å². The van der Waals surface area contributed by atoms with E-state index in [1.54, 1.807) is 29.1 Å². The van der Waals surface area contributed by atoms with E-state index in [-0.39, 0.29) is 5.78 Å². The van der Waals surface area contributed by atoms with Crippen LogP contribution in [0.25, 0.3) is 0 Å². The van der Waals surface area contributed by atoms with Crippen molar-refractivity contribution < 1.29 is 4.79 Å². The van der Waals surface area contributed by atoms with Gasteiger partial charge in [0.25, 0.3) is 0 Å². The molecule has 1 aromatic heterocycles. The smallest absolute Gasteiger partial charge is 0.214 e. The van der Waals surface area contributed by atoms with E-state index < -0.39 is 0 Å². The van der Waals surface area contributed by atoms with Crippen molar-refractivity contribution in [3.63, 3.8) is 0 Å². The van der Waals surface area contributed by atoms with Gasteiger partial charge in [-0.3, -0.25) is 9.48 Å². The van der Waals surface area contributed by atoms with Crippen LogP contribution < -0.4 is 5.73 Å². The molecule has 2 aromatic rings. The number of rotatable bonds is 4. The molecule has 0 saturated carbocycles. The number of carbonyl (C=O) groups is 1. The molecule has 0 saturated heterocycles. The van der Waals surface area contributed by atoms with Gasteiger partial charge in [-0.25, -0.2) is 0 Å². The standard InChI is InChI=1S/C13H13Br2N3O/c1-2-5-18-12(10(15)7-17-18)13(19)9-4-3-8(14)6-11(9)16/h3-4,6-7H,2,5,16H2,1H3. The van der Waals surface area contributed by atoms with Crippen LogP contribution in [0.5, 0.6) is 0 Å².